The number of nitrogens with one attached hydrogen (secondary N) is 1. The van der Waals surface area contributed by atoms with E-state index in [1.165, 1.54) is 31.1 Å². The van der Waals surface area contributed by atoms with E-state index in [1.807, 2.05) is 30.3 Å². The summed E-state index contributed by atoms with van der Waals surface area (Å²) in [5.41, 5.74) is 1.68. The summed E-state index contributed by atoms with van der Waals surface area (Å²) in [5.74, 6) is 0.304. The van der Waals surface area contributed by atoms with Crippen molar-refractivity contribution in [2.45, 2.75) is 31.3 Å². The minimum Gasteiger partial charge on any atom is -0.496 e. The third-order valence-corrected chi connectivity index (χ3v) is 5.56. The first-order chi connectivity index (χ1) is 12.2. The predicted octanol–water partition coefficient (Wildman–Crippen LogP) is 2.33. The summed E-state index contributed by atoms with van der Waals surface area (Å²) in [5, 5.41) is 0. The number of methoxy groups -OCH3 is 1. The van der Waals surface area contributed by atoms with Crippen molar-refractivity contribution in [2.75, 3.05) is 14.2 Å². The lowest BCUT2D eigenvalue weighted by Crippen LogP contribution is -2.45. The second kappa shape index (κ2) is 8.33. The maximum atomic E-state index is 12.6. The molecule has 0 unspecified atom stereocenters. The lowest BCUT2D eigenvalue weighted by atomic mass is 10.2. The molecule has 7 heteroatoms. The fraction of sp³-hybridized carbons (Fsp3) is 0.316. The average Bonchev–Trinajstić information content (AvgIpc) is 2.61. The van der Waals surface area contributed by atoms with Crippen LogP contribution in [-0.4, -0.2) is 39.4 Å². The molecule has 0 radical (unpaired) electrons. The van der Waals surface area contributed by atoms with Gasteiger partial charge < -0.3 is 9.64 Å². The van der Waals surface area contributed by atoms with Gasteiger partial charge in [0.1, 0.15) is 5.75 Å². The van der Waals surface area contributed by atoms with E-state index in [1.54, 1.807) is 20.0 Å². The van der Waals surface area contributed by atoms with Crippen LogP contribution in [-0.2, 0) is 21.4 Å². The van der Waals surface area contributed by atoms with E-state index in [0.29, 0.717) is 17.9 Å². The summed E-state index contributed by atoms with van der Waals surface area (Å²) in [7, 11) is -0.635. The summed E-state index contributed by atoms with van der Waals surface area (Å²) in [6.45, 7) is 3.71. The van der Waals surface area contributed by atoms with Crippen LogP contribution in [0.3, 0.4) is 0 Å². The number of hydrogen-bond donors (Lipinski definition) is 1. The van der Waals surface area contributed by atoms with E-state index in [2.05, 4.69) is 4.72 Å². The number of aryl methyl sites for hydroxylation is 1. The molecule has 0 saturated carbocycles. The second-order valence-electron chi connectivity index (χ2n) is 6.15. The molecule has 6 nitrogen and oxygen atoms in total. The molecule has 0 saturated heterocycles. The van der Waals surface area contributed by atoms with Crippen LogP contribution in [0.4, 0.5) is 0 Å². The van der Waals surface area contributed by atoms with Crippen LogP contribution < -0.4 is 9.46 Å². The number of hydrogen-bond acceptors (Lipinski definition) is 4. The van der Waals surface area contributed by atoms with Gasteiger partial charge in [-0.25, -0.2) is 8.42 Å². The Balaban J connectivity index is 2.08. The number of rotatable bonds is 7. The molecule has 0 aromatic heterocycles. The highest BCUT2D eigenvalue weighted by Gasteiger charge is 2.24. The predicted molar refractivity (Wildman–Crippen MR) is 100 cm³/mol. The largest absolute Gasteiger partial charge is 0.496 e. The first-order valence-corrected chi connectivity index (χ1v) is 9.69. The molecule has 2 aromatic rings. The standard InChI is InChI=1S/C19H24N2O4S/c1-14-12-17(10-11-18(14)25-4)26(23,24)20-15(2)19(22)21(3)13-16-8-6-5-7-9-16/h5-12,15,20H,13H2,1-4H3/t15-/m1/s1. The minimum absolute atomic E-state index is 0.0983. The van der Waals surface area contributed by atoms with Crippen LogP contribution in [0.5, 0.6) is 5.75 Å². The molecule has 0 aliphatic carbocycles. The summed E-state index contributed by atoms with van der Waals surface area (Å²) < 4.78 is 32.7. The van der Waals surface area contributed by atoms with Gasteiger partial charge in [0.25, 0.3) is 0 Å². The van der Waals surface area contributed by atoms with Crippen molar-refractivity contribution in [2.24, 2.45) is 0 Å². The quantitative estimate of drug-likeness (QED) is 0.805. The molecule has 1 N–H and O–H groups in total. The molecule has 0 spiro atoms. The normalized spacial score (nSPS) is 12.5. The molecule has 0 fully saturated rings. The Hall–Kier alpha value is -2.38. The van der Waals surface area contributed by atoms with Crippen molar-refractivity contribution < 1.29 is 17.9 Å². The molecular formula is C19H24N2O4S. The summed E-state index contributed by atoms with van der Waals surface area (Å²) in [6.07, 6.45) is 0. The van der Waals surface area contributed by atoms with Gasteiger partial charge in [0.05, 0.1) is 18.0 Å². The Morgan fingerprint density at radius 3 is 2.42 bits per heavy atom. The molecule has 0 aliphatic rings. The fourth-order valence-corrected chi connectivity index (χ4v) is 3.92. The van der Waals surface area contributed by atoms with Crippen molar-refractivity contribution in [1.82, 2.24) is 9.62 Å². The van der Waals surface area contributed by atoms with E-state index in [4.69, 9.17) is 4.74 Å². The lowest BCUT2D eigenvalue weighted by Gasteiger charge is -2.22. The SMILES string of the molecule is COc1ccc(S(=O)(=O)N[C@H](C)C(=O)N(C)Cc2ccccc2)cc1C. The van der Waals surface area contributed by atoms with Crippen LogP contribution in [0.25, 0.3) is 0 Å². The third kappa shape index (κ3) is 4.83. The van der Waals surface area contributed by atoms with E-state index in [9.17, 15) is 13.2 Å². The number of amides is 1. The van der Waals surface area contributed by atoms with Gasteiger partial charge in [0.2, 0.25) is 15.9 Å². The molecule has 1 amide bonds. The number of benzene rings is 2. The van der Waals surface area contributed by atoms with E-state index >= 15 is 0 Å². The van der Waals surface area contributed by atoms with Gasteiger partial charge in [-0.3, -0.25) is 4.79 Å². The zero-order chi connectivity index (χ0) is 19.3. The maximum absolute atomic E-state index is 12.6. The second-order valence-corrected chi connectivity index (χ2v) is 7.87. The molecule has 0 aliphatic heterocycles. The zero-order valence-corrected chi connectivity index (χ0v) is 16.2. The highest BCUT2D eigenvalue weighted by atomic mass is 32.2. The zero-order valence-electron chi connectivity index (χ0n) is 15.4. The molecule has 26 heavy (non-hydrogen) atoms. The number of carbonyl (C=O) groups is 1. The number of sulfonamides is 1. The minimum atomic E-state index is -3.81. The molecule has 2 aromatic carbocycles. The molecule has 140 valence electrons. The van der Waals surface area contributed by atoms with Crippen LogP contribution >= 0.6 is 0 Å². The number of carbonyl (C=O) groups excluding carboxylic acids is 1. The van der Waals surface area contributed by atoms with Crippen LogP contribution in [0.15, 0.2) is 53.4 Å². The monoisotopic (exact) mass is 376 g/mol. The molecule has 0 bridgehead atoms. The highest BCUT2D eigenvalue weighted by molar-refractivity contribution is 7.89. The van der Waals surface area contributed by atoms with Gasteiger partial charge in [-0.1, -0.05) is 30.3 Å². The van der Waals surface area contributed by atoms with Crippen molar-refractivity contribution in [1.29, 1.82) is 0 Å². The van der Waals surface area contributed by atoms with E-state index < -0.39 is 16.1 Å². The van der Waals surface area contributed by atoms with Gasteiger partial charge in [0.15, 0.2) is 0 Å². The van der Waals surface area contributed by atoms with Crippen LogP contribution in [0.1, 0.15) is 18.1 Å². The third-order valence-electron chi connectivity index (χ3n) is 4.02. The fourth-order valence-electron chi connectivity index (χ4n) is 2.64. The van der Waals surface area contributed by atoms with Gasteiger partial charge in [0, 0.05) is 13.6 Å². The van der Waals surface area contributed by atoms with Crippen molar-refractivity contribution in [3.63, 3.8) is 0 Å². The molecule has 0 heterocycles. The number of nitrogens with zero attached hydrogens (tertiary/aromatic N) is 1. The van der Waals surface area contributed by atoms with Crippen LogP contribution in [0, 0.1) is 6.92 Å². The topological polar surface area (TPSA) is 75.7 Å². The first kappa shape index (κ1) is 19.9. The van der Waals surface area contributed by atoms with Gasteiger partial charge in [-0.15, -0.1) is 0 Å². The average molecular weight is 376 g/mol. The lowest BCUT2D eigenvalue weighted by molar-refractivity contribution is -0.131. The Kier molecular flexibility index (Phi) is 6.39. The Bertz CT molecular complexity index is 866. The number of likely N-dealkylation sites (N-methyl/N-ethyl adjacent to an activating group) is 1. The van der Waals surface area contributed by atoms with Gasteiger partial charge in [-0.05, 0) is 43.2 Å². The Morgan fingerprint density at radius 2 is 1.85 bits per heavy atom. The molecular weight excluding hydrogens is 352 g/mol. The van der Waals surface area contributed by atoms with E-state index in [-0.39, 0.29) is 10.8 Å². The van der Waals surface area contributed by atoms with Crippen molar-refractivity contribution in [3.05, 3.63) is 59.7 Å². The van der Waals surface area contributed by atoms with Crippen molar-refractivity contribution >= 4 is 15.9 Å². The maximum Gasteiger partial charge on any atom is 0.241 e. The van der Waals surface area contributed by atoms with Gasteiger partial charge >= 0.3 is 0 Å². The van der Waals surface area contributed by atoms with E-state index in [0.717, 1.165) is 5.56 Å². The summed E-state index contributed by atoms with van der Waals surface area (Å²) in [4.78, 5) is 14.1. The first-order valence-electron chi connectivity index (χ1n) is 8.20. The van der Waals surface area contributed by atoms with Crippen molar-refractivity contribution in [3.8, 4) is 5.75 Å². The molecule has 2 rings (SSSR count). The van der Waals surface area contributed by atoms with Crippen LogP contribution in [0.2, 0.25) is 0 Å². The Morgan fingerprint density at radius 1 is 1.19 bits per heavy atom. The smallest absolute Gasteiger partial charge is 0.241 e. The summed E-state index contributed by atoms with van der Waals surface area (Å²) in [6, 6.07) is 13.2. The highest BCUT2D eigenvalue weighted by Crippen LogP contribution is 2.21. The summed E-state index contributed by atoms with van der Waals surface area (Å²) >= 11 is 0. The van der Waals surface area contributed by atoms with Gasteiger partial charge in [-0.2, -0.15) is 4.72 Å². The molecule has 1 atom stereocenters. The number of ether oxygens (including phenoxy) is 1. The Labute approximate surface area is 154 Å².